The van der Waals surface area contributed by atoms with Crippen molar-refractivity contribution >= 4 is 28.3 Å². The van der Waals surface area contributed by atoms with Crippen LogP contribution in [0.2, 0.25) is 0 Å². The molecule has 0 atom stereocenters. The molecule has 18 heavy (non-hydrogen) atoms. The van der Waals surface area contributed by atoms with E-state index in [9.17, 15) is 0 Å². The van der Waals surface area contributed by atoms with E-state index in [0.29, 0.717) is 0 Å². The summed E-state index contributed by atoms with van der Waals surface area (Å²) in [4.78, 5) is 4.21. The summed E-state index contributed by atoms with van der Waals surface area (Å²) < 4.78 is 3.49. The molecule has 1 heterocycles. The summed E-state index contributed by atoms with van der Waals surface area (Å²) in [5.74, 6) is 0. The fourth-order valence-corrected chi connectivity index (χ4v) is 2.35. The smallest absolute Gasteiger partial charge is 0.0948 e. The van der Waals surface area contributed by atoms with Gasteiger partial charge in [0.2, 0.25) is 0 Å². The Labute approximate surface area is 122 Å². The predicted molar refractivity (Wildman–Crippen MR) is 83.7 cm³/mol. The van der Waals surface area contributed by atoms with Crippen LogP contribution in [0, 0.1) is 10.5 Å². The summed E-state index contributed by atoms with van der Waals surface area (Å²) >= 11 is 2.37. The Kier molecular flexibility index (Phi) is 4.63. The van der Waals surface area contributed by atoms with E-state index < -0.39 is 0 Å². The number of aryl methyl sites for hydroxylation is 2. The maximum Gasteiger partial charge on any atom is 0.0948 e. The maximum absolute atomic E-state index is 4.21. The van der Waals surface area contributed by atoms with Gasteiger partial charge in [-0.05, 0) is 53.6 Å². The van der Waals surface area contributed by atoms with E-state index in [0.717, 1.165) is 25.2 Å². The lowest BCUT2D eigenvalue weighted by Gasteiger charge is -2.10. The van der Waals surface area contributed by atoms with Crippen LogP contribution in [-0.2, 0) is 13.1 Å². The van der Waals surface area contributed by atoms with Crippen LogP contribution >= 0.6 is 22.6 Å². The molecular formula is C14H18IN3. The first-order valence-corrected chi connectivity index (χ1v) is 7.27. The van der Waals surface area contributed by atoms with Gasteiger partial charge in [-0.1, -0.05) is 13.0 Å². The number of imidazole rings is 1. The number of benzene rings is 1. The molecule has 0 unspecified atom stereocenters. The van der Waals surface area contributed by atoms with Crippen molar-refractivity contribution in [2.45, 2.75) is 33.4 Å². The molecule has 0 amide bonds. The number of halogens is 1. The van der Waals surface area contributed by atoms with Gasteiger partial charge in [-0.2, -0.15) is 0 Å². The Balaban J connectivity index is 2.02. The third-order valence-corrected chi connectivity index (χ3v) is 4.07. The fraction of sp³-hybridized carbons (Fsp3) is 0.357. The molecular weight excluding hydrogens is 337 g/mol. The summed E-state index contributed by atoms with van der Waals surface area (Å²) in [5, 5.41) is 3.45. The average molecular weight is 355 g/mol. The Hall–Kier alpha value is -1.04. The van der Waals surface area contributed by atoms with Gasteiger partial charge in [-0.3, -0.25) is 0 Å². The van der Waals surface area contributed by atoms with Gasteiger partial charge in [0.15, 0.2) is 0 Å². The van der Waals surface area contributed by atoms with Gasteiger partial charge in [0.25, 0.3) is 0 Å². The third-order valence-electron chi connectivity index (χ3n) is 2.91. The Morgan fingerprint density at radius 2 is 2.22 bits per heavy atom. The Morgan fingerprint density at radius 3 is 2.94 bits per heavy atom. The largest absolute Gasteiger partial charge is 0.379 e. The molecule has 1 aromatic carbocycles. The van der Waals surface area contributed by atoms with Crippen molar-refractivity contribution < 1.29 is 0 Å². The molecule has 0 aliphatic rings. The lowest BCUT2D eigenvalue weighted by Crippen LogP contribution is -2.07. The van der Waals surface area contributed by atoms with Crippen LogP contribution in [0.15, 0.2) is 30.7 Å². The molecule has 0 aliphatic carbocycles. The highest BCUT2D eigenvalue weighted by atomic mass is 127. The second kappa shape index (κ2) is 6.22. The normalized spacial score (nSPS) is 10.6. The summed E-state index contributed by atoms with van der Waals surface area (Å²) in [7, 11) is 0. The van der Waals surface area contributed by atoms with Gasteiger partial charge in [0.1, 0.15) is 0 Å². The lowest BCUT2D eigenvalue weighted by molar-refractivity contribution is 0.651. The number of rotatable bonds is 5. The van der Waals surface area contributed by atoms with Crippen molar-refractivity contribution in [2.24, 2.45) is 0 Å². The molecule has 0 spiro atoms. The number of hydrogen-bond acceptors (Lipinski definition) is 2. The molecule has 1 N–H and O–H groups in total. The van der Waals surface area contributed by atoms with Gasteiger partial charge < -0.3 is 9.88 Å². The van der Waals surface area contributed by atoms with Crippen molar-refractivity contribution in [3.05, 3.63) is 45.6 Å². The zero-order valence-electron chi connectivity index (χ0n) is 10.8. The molecule has 3 nitrogen and oxygen atoms in total. The molecule has 0 aliphatic heterocycles. The first kappa shape index (κ1) is 13.4. The SMILES string of the molecule is CCCn1cncc1CNc1ccc(C)c(I)c1. The zero-order chi connectivity index (χ0) is 13.0. The van der Waals surface area contributed by atoms with Crippen LogP contribution < -0.4 is 5.32 Å². The van der Waals surface area contributed by atoms with Crippen molar-refractivity contribution in [1.82, 2.24) is 9.55 Å². The van der Waals surface area contributed by atoms with Gasteiger partial charge in [0, 0.05) is 22.0 Å². The molecule has 2 aromatic rings. The number of nitrogens with zero attached hydrogens (tertiary/aromatic N) is 2. The first-order valence-electron chi connectivity index (χ1n) is 6.19. The Morgan fingerprint density at radius 1 is 1.39 bits per heavy atom. The average Bonchev–Trinajstić information content (AvgIpc) is 2.79. The summed E-state index contributed by atoms with van der Waals surface area (Å²) in [6.45, 7) is 6.16. The molecule has 96 valence electrons. The highest BCUT2D eigenvalue weighted by Crippen LogP contribution is 2.17. The molecule has 0 saturated heterocycles. The minimum Gasteiger partial charge on any atom is -0.379 e. The van der Waals surface area contributed by atoms with Gasteiger partial charge in [0.05, 0.1) is 18.6 Å². The van der Waals surface area contributed by atoms with Crippen molar-refractivity contribution in [3.63, 3.8) is 0 Å². The van der Waals surface area contributed by atoms with Crippen LogP contribution in [0.4, 0.5) is 5.69 Å². The van der Waals surface area contributed by atoms with Crippen molar-refractivity contribution in [3.8, 4) is 0 Å². The highest BCUT2D eigenvalue weighted by Gasteiger charge is 2.02. The van der Waals surface area contributed by atoms with Gasteiger partial charge in [-0.25, -0.2) is 4.98 Å². The first-order chi connectivity index (χ1) is 8.70. The molecule has 0 fully saturated rings. The van der Waals surface area contributed by atoms with Crippen LogP contribution in [0.5, 0.6) is 0 Å². The monoisotopic (exact) mass is 355 g/mol. The van der Waals surface area contributed by atoms with Gasteiger partial charge in [-0.15, -0.1) is 0 Å². The molecule has 0 radical (unpaired) electrons. The molecule has 2 rings (SSSR count). The topological polar surface area (TPSA) is 29.9 Å². The van der Waals surface area contributed by atoms with Gasteiger partial charge >= 0.3 is 0 Å². The minimum atomic E-state index is 0.819. The van der Waals surface area contributed by atoms with Crippen LogP contribution in [0.1, 0.15) is 24.6 Å². The number of anilines is 1. The Bertz CT molecular complexity index is 520. The van der Waals surface area contributed by atoms with Crippen molar-refractivity contribution in [1.29, 1.82) is 0 Å². The zero-order valence-corrected chi connectivity index (χ0v) is 12.9. The second-order valence-corrected chi connectivity index (χ2v) is 5.56. The molecule has 1 aromatic heterocycles. The second-order valence-electron chi connectivity index (χ2n) is 4.40. The van der Waals surface area contributed by atoms with E-state index in [1.807, 2.05) is 12.5 Å². The third kappa shape index (κ3) is 3.25. The lowest BCUT2D eigenvalue weighted by atomic mass is 10.2. The van der Waals surface area contributed by atoms with Crippen molar-refractivity contribution in [2.75, 3.05) is 5.32 Å². The summed E-state index contributed by atoms with van der Waals surface area (Å²) in [6, 6.07) is 6.45. The quantitative estimate of drug-likeness (QED) is 0.827. The fourth-order valence-electron chi connectivity index (χ4n) is 1.83. The predicted octanol–water partition coefficient (Wildman–Crippen LogP) is 3.82. The molecule has 4 heteroatoms. The number of aromatic nitrogens is 2. The maximum atomic E-state index is 4.21. The number of nitrogens with one attached hydrogen (secondary N) is 1. The summed E-state index contributed by atoms with van der Waals surface area (Å²) in [5.41, 5.74) is 3.71. The molecule has 0 bridgehead atoms. The number of hydrogen-bond donors (Lipinski definition) is 1. The van der Waals surface area contributed by atoms with E-state index in [4.69, 9.17) is 0 Å². The van der Waals surface area contributed by atoms with Crippen LogP contribution in [-0.4, -0.2) is 9.55 Å². The van der Waals surface area contributed by atoms with E-state index >= 15 is 0 Å². The minimum absolute atomic E-state index is 0.819. The standard InChI is InChI=1S/C14H18IN3/c1-3-6-18-10-16-8-13(18)9-17-12-5-4-11(2)14(15)7-12/h4-5,7-8,10,17H,3,6,9H2,1-2H3. The van der Waals surface area contributed by atoms with E-state index in [1.165, 1.54) is 14.8 Å². The molecule has 0 saturated carbocycles. The van der Waals surface area contributed by atoms with Crippen LogP contribution in [0.25, 0.3) is 0 Å². The highest BCUT2D eigenvalue weighted by molar-refractivity contribution is 14.1. The summed E-state index contributed by atoms with van der Waals surface area (Å²) in [6.07, 6.45) is 4.97. The van der Waals surface area contributed by atoms with E-state index in [1.54, 1.807) is 0 Å². The van der Waals surface area contributed by atoms with E-state index in [2.05, 4.69) is 69.5 Å². The van der Waals surface area contributed by atoms with E-state index in [-0.39, 0.29) is 0 Å². The van der Waals surface area contributed by atoms with Crippen LogP contribution in [0.3, 0.4) is 0 Å².